The number of hydrogen-bond acceptors (Lipinski definition) is 7. The molecule has 0 radical (unpaired) electrons. The second-order valence-electron chi connectivity index (χ2n) is 9.16. The molecule has 1 N–H and O–H groups in total. The maximum atomic E-state index is 13.3. The summed E-state index contributed by atoms with van der Waals surface area (Å²) in [6.45, 7) is 4.87. The Hall–Kier alpha value is -3.89. The van der Waals surface area contributed by atoms with Crippen LogP contribution in [0.2, 0.25) is 0 Å². The molecule has 1 saturated heterocycles. The number of carbonyl (C=O) groups is 1. The van der Waals surface area contributed by atoms with Crippen LogP contribution < -0.4 is 5.32 Å². The van der Waals surface area contributed by atoms with Gasteiger partial charge in [0.05, 0.1) is 28.8 Å². The first-order valence-electron chi connectivity index (χ1n) is 12.0. The average molecular weight is 499 g/mol. The Kier molecular flexibility index (Phi) is 6.04. The molecule has 5 heterocycles. The van der Waals surface area contributed by atoms with Crippen molar-refractivity contribution in [3.05, 3.63) is 88.4 Å². The maximum absolute atomic E-state index is 13.3. The number of nitrogens with zero attached hydrogens (tertiary/aromatic N) is 7. The molecule has 4 aromatic heterocycles. The highest BCUT2D eigenvalue weighted by Crippen LogP contribution is 2.30. The first kappa shape index (κ1) is 22.6. The summed E-state index contributed by atoms with van der Waals surface area (Å²) in [6.07, 6.45) is 7.13. The van der Waals surface area contributed by atoms with Crippen LogP contribution >= 0.6 is 11.3 Å². The second kappa shape index (κ2) is 9.63. The summed E-state index contributed by atoms with van der Waals surface area (Å²) < 4.78 is 3.42. The van der Waals surface area contributed by atoms with E-state index < -0.39 is 0 Å². The van der Waals surface area contributed by atoms with E-state index in [0.717, 1.165) is 49.6 Å². The first-order valence-corrected chi connectivity index (χ1v) is 12.9. The lowest BCUT2D eigenvalue weighted by Gasteiger charge is -2.31. The largest absolute Gasteiger partial charge is 0.306 e. The van der Waals surface area contributed by atoms with Crippen LogP contribution in [0.15, 0.2) is 65.9 Å². The number of thiazole rings is 1. The zero-order valence-electron chi connectivity index (χ0n) is 19.9. The molecule has 5 aromatic rings. The Bertz CT molecular complexity index is 1490. The molecule has 0 aliphatic carbocycles. The minimum Gasteiger partial charge on any atom is -0.306 e. The van der Waals surface area contributed by atoms with Crippen molar-refractivity contribution in [1.29, 1.82) is 0 Å². The highest BCUT2D eigenvalue weighted by Gasteiger charge is 2.26. The van der Waals surface area contributed by atoms with Gasteiger partial charge in [0.25, 0.3) is 5.91 Å². The molecule has 1 aliphatic rings. The maximum Gasteiger partial charge on any atom is 0.262 e. The fourth-order valence-electron chi connectivity index (χ4n) is 4.73. The van der Waals surface area contributed by atoms with E-state index in [1.807, 2.05) is 40.5 Å². The molecule has 182 valence electrons. The summed E-state index contributed by atoms with van der Waals surface area (Å²) in [5, 5.41) is 14.4. The average Bonchev–Trinajstić information content (AvgIpc) is 3.65. The SMILES string of the molecule is Cc1ccc(-n2nc(C3CCCN(Cc4cscn4)C3)cc2NC(=O)c2cnn3cccnc23)cc1. The fraction of sp³-hybridized carbons (Fsp3) is 0.269. The van der Waals surface area contributed by atoms with E-state index in [1.165, 1.54) is 5.56 Å². The third-order valence-corrected chi connectivity index (χ3v) is 7.20. The van der Waals surface area contributed by atoms with Crippen molar-refractivity contribution in [3.63, 3.8) is 0 Å². The van der Waals surface area contributed by atoms with Gasteiger partial charge in [0.2, 0.25) is 0 Å². The lowest BCUT2D eigenvalue weighted by Crippen LogP contribution is -2.34. The van der Waals surface area contributed by atoms with E-state index in [-0.39, 0.29) is 11.8 Å². The number of carbonyl (C=O) groups excluding carboxylic acids is 1. The van der Waals surface area contributed by atoms with Crippen LogP contribution in [-0.2, 0) is 6.54 Å². The minimum absolute atomic E-state index is 0.266. The van der Waals surface area contributed by atoms with E-state index in [9.17, 15) is 4.79 Å². The van der Waals surface area contributed by atoms with Crippen LogP contribution in [0.3, 0.4) is 0 Å². The third-order valence-electron chi connectivity index (χ3n) is 6.57. The smallest absolute Gasteiger partial charge is 0.262 e. The Morgan fingerprint density at radius 3 is 2.94 bits per heavy atom. The van der Waals surface area contributed by atoms with E-state index >= 15 is 0 Å². The standard InChI is InChI=1S/C26H26N8OS/c1-18-5-7-21(8-6-18)34-24(30-26(35)22-13-29-33-11-3-9-27-25(22)33)12-23(31-34)19-4-2-10-32(14-19)15-20-16-36-17-28-20/h3,5-9,11-13,16-17,19H,2,4,10,14-15H2,1H3,(H,30,35). The predicted molar refractivity (Wildman–Crippen MR) is 139 cm³/mol. The van der Waals surface area contributed by atoms with Gasteiger partial charge < -0.3 is 5.32 Å². The number of hydrogen-bond donors (Lipinski definition) is 1. The lowest BCUT2D eigenvalue weighted by atomic mass is 9.95. The molecule has 1 amide bonds. The molecule has 0 saturated carbocycles. The van der Waals surface area contributed by atoms with Crippen molar-refractivity contribution in [3.8, 4) is 5.69 Å². The molecule has 1 aliphatic heterocycles. The van der Waals surface area contributed by atoms with E-state index in [1.54, 1.807) is 40.5 Å². The second-order valence-corrected chi connectivity index (χ2v) is 9.87. The molecule has 1 unspecified atom stereocenters. The van der Waals surface area contributed by atoms with Crippen molar-refractivity contribution >= 4 is 28.7 Å². The van der Waals surface area contributed by atoms with Crippen LogP contribution in [0.1, 0.15) is 46.1 Å². The van der Waals surface area contributed by atoms with Crippen molar-refractivity contribution < 1.29 is 4.79 Å². The molecule has 6 rings (SSSR count). The van der Waals surface area contributed by atoms with Crippen LogP contribution in [0.5, 0.6) is 0 Å². The molecule has 0 bridgehead atoms. The summed E-state index contributed by atoms with van der Waals surface area (Å²) >= 11 is 1.63. The highest BCUT2D eigenvalue weighted by atomic mass is 32.1. The topological polar surface area (TPSA) is 93.2 Å². The summed E-state index contributed by atoms with van der Waals surface area (Å²) in [5.41, 5.74) is 6.97. The Morgan fingerprint density at radius 2 is 2.11 bits per heavy atom. The summed E-state index contributed by atoms with van der Waals surface area (Å²) in [6, 6.07) is 11.9. The van der Waals surface area contributed by atoms with Gasteiger partial charge in [-0.05, 0) is 44.5 Å². The number of rotatable bonds is 6. The van der Waals surface area contributed by atoms with Crippen molar-refractivity contribution in [2.75, 3.05) is 18.4 Å². The molecule has 1 fully saturated rings. The normalized spacial score (nSPS) is 16.4. The van der Waals surface area contributed by atoms with Crippen molar-refractivity contribution in [2.24, 2.45) is 0 Å². The van der Waals surface area contributed by atoms with Gasteiger partial charge in [0, 0.05) is 42.8 Å². The van der Waals surface area contributed by atoms with Crippen LogP contribution in [-0.4, -0.2) is 53.3 Å². The zero-order valence-corrected chi connectivity index (χ0v) is 20.7. The van der Waals surface area contributed by atoms with Gasteiger partial charge in [-0.15, -0.1) is 11.3 Å². The molecule has 36 heavy (non-hydrogen) atoms. The summed E-state index contributed by atoms with van der Waals surface area (Å²) in [7, 11) is 0. The zero-order chi connectivity index (χ0) is 24.5. The number of likely N-dealkylation sites (tertiary alicyclic amines) is 1. The molecule has 0 spiro atoms. The number of piperidine rings is 1. The molecule has 10 heteroatoms. The number of nitrogens with one attached hydrogen (secondary N) is 1. The Balaban J connectivity index is 1.30. The van der Waals surface area contributed by atoms with Gasteiger partial charge >= 0.3 is 0 Å². The van der Waals surface area contributed by atoms with Crippen molar-refractivity contribution in [1.82, 2.24) is 34.3 Å². The number of aromatic nitrogens is 6. The predicted octanol–water partition coefficient (Wildman–Crippen LogP) is 4.31. The molecular weight excluding hydrogens is 472 g/mol. The van der Waals surface area contributed by atoms with Gasteiger partial charge in [-0.25, -0.2) is 19.2 Å². The number of anilines is 1. The quantitative estimate of drug-likeness (QED) is 0.375. The van der Waals surface area contributed by atoms with Gasteiger partial charge in [-0.1, -0.05) is 17.7 Å². The molecule has 9 nitrogen and oxygen atoms in total. The van der Waals surface area contributed by atoms with Crippen LogP contribution in [0, 0.1) is 6.92 Å². The number of fused-ring (bicyclic) bond motifs is 1. The summed E-state index contributed by atoms with van der Waals surface area (Å²) in [4.78, 5) is 24.5. The van der Waals surface area contributed by atoms with Crippen molar-refractivity contribution in [2.45, 2.75) is 32.2 Å². The number of benzene rings is 1. The van der Waals surface area contributed by atoms with Gasteiger partial charge in [0.1, 0.15) is 11.4 Å². The van der Waals surface area contributed by atoms with Crippen LogP contribution in [0.4, 0.5) is 5.82 Å². The number of amides is 1. The minimum atomic E-state index is -0.266. The molecular formula is C26H26N8OS. The monoisotopic (exact) mass is 498 g/mol. The first-order chi connectivity index (χ1) is 17.6. The molecule has 1 atom stereocenters. The third kappa shape index (κ3) is 4.52. The van der Waals surface area contributed by atoms with E-state index in [4.69, 9.17) is 5.10 Å². The fourth-order valence-corrected chi connectivity index (χ4v) is 5.28. The van der Waals surface area contributed by atoms with Crippen LogP contribution in [0.25, 0.3) is 11.3 Å². The van der Waals surface area contributed by atoms with E-state index in [2.05, 4.69) is 37.6 Å². The molecule has 1 aromatic carbocycles. The van der Waals surface area contributed by atoms with E-state index in [0.29, 0.717) is 17.0 Å². The van der Waals surface area contributed by atoms with Gasteiger partial charge in [-0.2, -0.15) is 10.2 Å². The lowest BCUT2D eigenvalue weighted by molar-refractivity contribution is 0.102. The van der Waals surface area contributed by atoms with Gasteiger partial charge in [0.15, 0.2) is 5.65 Å². The Labute approximate surface area is 212 Å². The Morgan fingerprint density at radius 1 is 1.22 bits per heavy atom. The van der Waals surface area contributed by atoms with Gasteiger partial charge in [-0.3, -0.25) is 9.69 Å². The highest BCUT2D eigenvalue weighted by molar-refractivity contribution is 7.07. The number of aryl methyl sites for hydroxylation is 1. The summed E-state index contributed by atoms with van der Waals surface area (Å²) in [5.74, 6) is 0.640.